The van der Waals surface area contributed by atoms with E-state index in [1.54, 1.807) is 23.7 Å². The van der Waals surface area contributed by atoms with E-state index in [1.165, 1.54) is 0 Å². The summed E-state index contributed by atoms with van der Waals surface area (Å²) in [6, 6.07) is 3.93. The maximum absolute atomic E-state index is 13.0. The summed E-state index contributed by atoms with van der Waals surface area (Å²) in [5.41, 5.74) is 1.11. The Morgan fingerprint density at radius 1 is 1.20 bits per heavy atom. The van der Waals surface area contributed by atoms with Crippen LogP contribution in [-0.4, -0.2) is 58.0 Å². The van der Waals surface area contributed by atoms with Crippen LogP contribution in [0.15, 0.2) is 36.1 Å². The highest BCUT2D eigenvalue weighted by Crippen LogP contribution is 2.27. The van der Waals surface area contributed by atoms with Crippen molar-refractivity contribution in [2.24, 2.45) is 5.92 Å². The van der Waals surface area contributed by atoms with E-state index >= 15 is 0 Å². The number of carbonyl (C=O) groups excluding carboxylic acids is 1. The van der Waals surface area contributed by atoms with Crippen LogP contribution in [0.3, 0.4) is 0 Å². The number of likely N-dealkylation sites (tertiary alicyclic amines) is 1. The predicted octanol–water partition coefficient (Wildman–Crippen LogP) is 1.79. The summed E-state index contributed by atoms with van der Waals surface area (Å²) >= 11 is 1.68. The molecule has 0 radical (unpaired) electrons. The summed E-state index contributed by atoms with van der Waals surface area (Å²) in [4.78, 5) is 25.7. The molecule has 132 valence electrons. The van der Waals surface area contributed by atoms with Crippen LogP contribution in [-0.2, 0) is 22.6 Å². The van der Waals surface area contributed by atoms with Crippen molar-refractivity contribution >= 4 is 17.2 Å². The first kappa shape index (κ1) is 16.6. The Bertz CT molecular complexity index is 694. The van der Waals surface area contributed by atoms with Crippen LogP contribution in [0.25, 0.3) is 0 Å². The quantitative estimate of drug-likeness (QED) is 0.834. The molecular weight excluding hydrogens is 336 g/mol. The van der Waals surface area contributed by atoms with Crippen LogP contribution in [0.5, 0.6) is 0 Å². The Hall–Kier alpha value is -1.83. The van der Waals surface area contributed by atoms with Crippen LogP contribution in [0.1, 0.15) is 17.0 Å². The molecule has 2 aliphatic rings. The molecule has 0 unspecified atom stereocenters. The monoisotopic (exact) mass is 358 g/mol. The maximum Gasteiger partial charge on any atom is 0.228 e. The van der Waals surface area contributed by atoms with E-state index in [0.29, 0.717) is 19.7 Å². The van der Waals surface area contributed by atoms with Crippen molar-refractivity contribution < 1.29 is 9.53 Å². The minimum atomic E-state index is -0.0307. The van der Waals surface area contributed by atoms with Crippen molar-refractivity contribution in [1.29, 1.82) is 0 Å². The molecule has 25 heavy (non-hydrogen) atoms. The molecule has 1 amide bonds. The fourth-order valence-corrected chi connectivity index (χ4v) is 4.28. The van der Waals surface area contributed by atoms with Gasteiger partial charge in [-0.2, -0.15) is 0 Å². The lowest BCUT2D eigenvalue weighted by molar-refractivity contribution is -0.139. The molecule has 4 heterocycles. The number of hydrogen-bond acceptors (Lipinski definition) is 6. The van der Waals surface area contributed by atoms with Gasteiger partial charge in [0.25, 0.3) is 0 Å². The first-order chi connectivity index (χ1) is 12.3. The second kappa shape index (κ2) is 7.59. The van der Waals surface area contributed by atoms with E-state index < -0.39 is 0 Å². The molecule has 2 saturated heterocycles. The predicted molar refractivity (Wildman–Crippen MR) is 94.9 cm³/mol. The van der Waals surface area contributed by atoms with E-state index in [2.05, 4.69) is 14.9 Å². The molecule has 2 aliphatic heterocycles. The highest BCUT2D eigenvalue weighted by atomic mass is 32.1. The molecule has 2 atom stereocenters. The zero-order valence-corrected chi connectivity index (χ0v) is 14.9. The van der Waals surface area contributed by atoms with Crippen molar-refractivity contribution in [3.8, 4) is 0 Å². The lowest BCUT2D eigenvalue weighted by Gasteiger charge is -2.36. The highest BCUT2D eigenvalue weighted by Gasteiger charge is 2.39. The van der Waals surface area contributed by atoms with Gasteiger partial charge in [-0.05, 0) is 30.7 Å². The van der Waals surface area contributed by atoms with Crippen LogP contribution in [0.2, 0.25) is 0 Å². The number of ether oxygens (including phenoxy) is 1. The Morgan fingerprint density at radius 3 is 2.88 bits per heavy atom. The van der Waals surface area contributed by atoms with Gasteiger partial charge in [-0.1, -0.05) is 0 Å². The number of nitrogens with zero attached hydrogens (tertiary/aromatic N) is 4. The average molecular weight is 358 g/mol. The summed E-state index contributed by atoms with van der Waals surface area (Å²) < 4.78 is 6.06. The Labute approximate surface area is 151 Å². The molecule has 2 aromatic rings. The van der Waals surface area contributed by atoms with E-state index in [-0.39, 0.29) is 17.9 Å². The van der Waals surface area contributed by atoms with Gasteiger partial charge in [-0.15, -0.1) is 11.3 Å². The number of rotatable bonds is 4. The Kier molecular flexibility index (Phi) is 5.05. The lowest BCUT2D eigenvalue weighted by atomic mass is 9.92. The summed E-state index contributed by atoms with van der Waals surface area (Å²) in [6.07, 6.45) is 6.22. The third-order valence-corrected chi connectivity index (χ3v) is 5.69. The number of hydrogen-bond donors (Lipinski definition) is 0. The molecule has 0 aliphatic carbocycles. The number of carbonyl (C=O) groups is 1. The van der Waals surface area contributed by atoms with Gasteiger partial charge >= 0.3 is 0 Å². The SMILES string of the molecule is O=C1[C@@H]2CCN(Cc3nccs3)C[C@@H]2OCCN1Cc1ccncc1. The highest BCUT2D eigenvalue weighted by molar-refractivity contribution is 7.09. The Morgan fingerprint density at radius 2 is 2.08 bits per heavy atom. The first-order valence-corrected chi connectivity index (χ1v) is 9.57. The largest absolute Gasteiger partial charge is 0.374 e. The van der Waals surface area contributed by atoms with E-state index in [1.807, 2.05) is 28.6 Å². The maximum atomic E-state index is 13.0. The van der Waals surface area contributed by atoms with E-state index in [9.17, 15) is 4.79 Å². The number of thiazole rings is 1. The van der Waals surface area contributed by atoms with Crippen molar-refractivity contribution in [2.75, 3.05) is 26.2 Å². The van der Waals surface area contributed by atoms with Crippen LogP contribution in [0, 0.1) is 5.92 Å². The molecular formula is C18H22N4O2S. The number of amides is 1. The second-order valence-corrected chi connectivity index (χ2v) is 7.56. The van der Waals surface area contributed by atoms with E-state index in [4.69, 9.17) is 4.74 Å². The van der Waals surface area contributed by atoms with Gasteiger partial charge in [0, 0.05) is 43.6 Å². The third kappa shape index (κ3) is 3.89. The van der Waals surface area contributed by atoms with Gasteiger partial charge in [0.2, 0.25) is 5.91 Å². The van der Waals surface area contributed by atoms with Crippen LogP contribution in [0.4, 0.5) is 0 Å². The average Bonchev–Trinajstić information content (AvgIpc) is 3.09. The number of piperidine rings is 1. The third-order valence-electron chi connectivity index (χ3n) is 4.93. The minimum Gasteiger partial charge on any atom is -0.374 e. The van der Waals surface area contributed by atoms with Gasteiger partial charge in [0.1, 0.15) is 5.01 Å². The molecule has 4 rings (SSSR count). The summed E-state index contributed by atoms with van der Waals surface area (Å²) in [5.74, 6) is 0.199. The Balaban J connectivity index is 1.40. The molecule has 0 N–H and O–H groups in total. The van der Waals surface area contributed by atoms with Gasteiger partial charge in [0.05, 0.1) is 25.2 Å². The van der Waals surface area contributed by atoms with Gasteiger partial charge in [-0.3, -0.25) is 14.7 Å². The fraction of sp³-hybridized carbons (Fsp3) is 0.500. The minimum absolute atomic E-state index is 0.0105. The van der Waals surface area contributed by atoms with Crippen LogP contribution < -0.4 is 0 Å². The molecule has 6 nitrogen and oxygen atoms in total. The number of aromatic nitrogens is 2. The second-order valence-electron chi connectivity index (χ2n) is 6.58. The standard InChI is InChI=1S/C18H22N4O2S/c23-18-15-3-7-21(13-17-20-6-10-25-17)12-16(15)24-9-8-22(18)11-14-1-4-19-5-2-14/h1-2,4-6,10,15-16H,3,7-9,11-13H2/t15-,16+/m1/s1. The number of pyridine rings is 1. The van der Waals surface area contributed by atoms with Gasteiger partial charge in [0.15, 0.2) is 0 Å². The zero-order valence-electron chi connectivity index (χ0n) is 14.1. The number of fused-ring (bicyclic) bond motifs is 1. The molecule has 2 fully saturated rings. The van der Waals surface area contributed by atoms with Gasteiger partial charge in [-0.25, -0.2) is 4.98 Å². The smallest absolute Gasteiger partial charge is 0.228 e. The van der Waals surface area contributed by atoms with E-state index in [0.717, 1.165) is 36.6 Å². The molecule has 0 spiro atoms. The first-order valence-electron chi connectivity index (χ1n) is 8.69. The van der Waals surface area contributed by atoms with Crippen LogP contribution >= 0.6 is 11.3 Å². The van der Waals surface area contributed by atoms with Gasteiger partial charge < -0.3 is 9.64 Å². The fourth-order valence-electron chi connectivity index (χ4n) is 3.62. The van der Waals surface area contributed by atoms with Crippen molar-refractivity contribution in [3.63, 3.8) is 0 Å². The summed E-state index contributed by atoms with van der Waals surface area (Å²) in [6.45, 7) is 4.46. The van der Waals surface area contributed by atoms with Crippen molar-refractivity contribution in [1.82, 2.24) is 19.8 Å². The van der Waals surface area contributed by atoms with Crippen molar-refractivity contribution in [3.05, 3.63) is 46.7 Å². The molecule has 0 aromatic carbocycles. The molecule has 0 bridgehead atoms. The molecule has 2 aromatic heterocycles. The molecule has 0 saturated carbocycles. The molecule has 7 heteroatoms. The zero-order chi connectivity index (χ0) is 17.1. The lowest BCUT2D eigenvalue weighted by Crippen LogP contribution is -2.48. The summed E-state index contributed by atoms with van der Waals surface area (Å²) in [7, 11) is 0. The topological polar surface area (TPSA) is 58.6 Å². The summed E-state index contributed by atoms with van der Waals surface area (Å²) in [5, 5.41) is 3.13. The normalized spacial score (nSPS) is 24.8. The van der Waals surface area contributed by atoms with Crippen molar-refractivity contribution in [2.45, 2.75) is 25.6 Å².